The van der Waals surface area contributed by atoms with Gasteiger partial charge in [-0.25, -0.2) is 4.79 Å². The maximum atomic E-state index is 13.0. The molecule has 0 saturated carbocycles. The van der Waals surface area contributed by atoms with Crippen molar-refractivity contribution in [2.45, 2.75) is 83.6 Å². The Hall–Kier alpha value is -3.51. The van der Waals surface area contributed by atoms with Crippen molar-refractivity contribution < 1.29 is 39.3 Å². The van der Waals surface area contributed by atoms with Crippen LogP contribution in [0.2, 0.25) is 0 Å². The topological polar surface area (TPSA) is 194 Å². The highest BCUT2D eigenvalue weighted by Crippen LogP contribution is 2.06. The lowest BCUT2D eigenvalue weighted by molar-refractivity contribution is -0.143. The molecule has 12 heteroatoms. The molecular weight excluding hydrogens is 496 g/mol. The van der Waals surface area contributed by atoms with Crippen LogP contribution in [-0.4, -0.2) is 81.8 Å². The van der Waals surface area contributed by atoms with Gasteiger partial charge >= 0.3 is 11.9 Å². The zero-order valence-electron chi connectivity index (χ0n) is 22.3. The molecule has 1 aromatic carbocycles. The number of hydrogen-bond donors (Lipinski definition) is 7. The van der Waals surface area contributed by atoms with Crippen LogP contribution >= 0.6 is 0 Å². The molecule has 0 unspecified atom stereocenters. The molecule has 0 radical (unpaired) electrons. The fourth-order valence-corrected chi connectivity index (χ4v) is 3.63. The zero-order valence-corrected chi connectivity index (χ0v) is 22.3. The van der Waals surface area contributed by atoms with Gasteiger partial charge in [-0.1, -0.05) is 44.2 Å². The lowest BCUT2D eigenvalue weighted by Gasteiger charge is -2.26. The van der Waals surface area contributed by atoms with Gasteiger partial charge in [-0.05, 0) is 51.1 Å². The molecular formula is C26H40N4O8. The van der Waals surface area contributed by atoms with Gasteiger partial charge in [-0.15, -0.1) is 0 Å². The van der Waals surface area contributed by atoms with Gasteiger partial charge < -0.3 is 36.6 Å². The predicted octanol–water partition coefficient (Wildman–Crippen LogP) is 0.0379. The lowest BCUT2D eigenvalue weighted by Crippen LogP contribution is -2.59. The van der Waals surface area contributed by atoms with E-state index in [4.69, 9.17) is 5.11 Å². The minimum atomic E-state index is -1.43. The molecule has 38 heavy (non-hydrogen) atoms. The number of amides is 3. The number of carbonyl (C=O) groups excluding carboxylic acids is 3. The van der Waals surface area contributed by atoms with Crippen molar-refractivity contribution in [1.29, 1.82) is 0 Å². The van der Waals surface area contributed by atoms with Crippen LogP contribution in [0, 0.1) is 5.92 Å². The van der Waals surface area contributed by atoms with E-state index in [2.05, 4.69) is 21.3 Å². The van der Waals surface area contributed by atoms with Gasteiger partial charge in [0.25, 0.3) is 0 Å². The van der Waals surface area contributed by atoms with E-state index in [9.17, 15) is 34.2 Å². The standard InChI is InChI=1S/C26H40N4O8/c1-15(2)21(26(37)38)29-23(34)16(3)28-25(36)22(17(4)31)30-24(35)19(12-13-20(32)33)27-14-8-11-18-9-6-5-7-10-18/h5-7,9-10,15-17,19,21-22,27,31H,8,11-14H2,1-4H3,(H,28,36)(H,29,34)(H,30,35)(H,32,33)(H,37,38)/t16-,17+,19-,21-,22-/m0/s1. The summed E-state index contributed by atoms with van der Waals surface area (Å²) in [5.41, 5.74) is 1.12. The van der Waals surface area contributed by atoms with Crippen molar-refractivity contribution in [3.63, 3.8) is 0 Å². The highest BCUT2D eigenvalue weighted by Gasteiger charge is 2.32. The summed E-state index contributed by atoms with van der Waals surface area (Å²) in [7, 11) is 0. The van der Waals surface area contributed by atoms with E-state index < -0.39 is 65.8 Å². The largest absolute Gasteiger partial charge is 0.481 e. The van der Waals surface area contributed by atoms with Gasteiger partial charge in [-0.2, -0.15) is 0 Å². The second-order valence-corrected chi connectivity index (χ2v) is 9.55. The molecule has 212 valence electrons. The molecule has 7 N–H and O–H groups in total. The first-order valence-electron chi connectivity index (χ1n) is 12.6. The van der Waals surface area contributed by atoms with Crippen molar-refractivity contribution >= 4 is 29.7 Å². The summed E-state index contributed by atoms with van der Waals surface area (Å²) >= 11 is 0. The smallest absolute Gasteiger partial charge is 0.326 e. The first-order chi connectivity index (χ1) is 17.8. The fraction of sp³-hybridized carbons (Fsp3) is 0.577. The van der Waals surface area contributed by atoms with E-state index in [-0.39, 0.29) is 12.8 Å². The Morgan fingerprint density at radius 3 is 1.95 bits per heavy atom. The minimum Gasteiger partial charge on any atom is -0.481 e. The monoisotopic (exact) mass is 536 g/mol. The van der Waals surface area contributed by atoms with Gasteiger partial charge in [0.1, 0.15) is 18.1 Å². The van der Waals surface area contributed by atoms with Crippen molar-refractivity contribution in [2.75, 3.05) is 6.54 Å². The third kappa shape index (κ3) is 11.7. The highest BCUT2D eigenvalue weighted by molar-refractivity contribution is 5.94. The Labute approximate surface area is 222 Å². The summed E-state index contributed by atoms with van der Waals surface area (Å²) in [6, 6.07) is 5.04. The van der Waals surface area contributed by atoms with Crippen LogP contribution in [-0.2, 0) is 30.4 Å². The van der Waals surface area contributed by atoms with Gasteiger partial charge in [0.2, 0.25) is 17.7 Å². The van der Waals surface area contributed by atoms with E-state index in [0.29, 0.717) is 13.0 Å². The zero-order chi connectivity index (χ0) is 28.8. The van der Waals surface area contributed by atoms with E-state index in [1.54, 1.807) is 13.8 Å². The summed E-state index contributed by atoms with van der Waals surface area (Å²) < 4.78 is 0. The molecule has 12 nitrogen and oxygen atoms in total. The van der Waals surface area contributed by atoms with E-state index in [1.807, 2.05) is 30.3 Å². The van der Waals surface area contributed by atoms with Gasteiger partial charge in [0.15, 0.2) is 0 Å². The number of carboxylic acids is 2. The normalized spacial score (nSPS) is 15.0. The Morgan fingerprint density at radius 2 is 1.42 bits per heavy atom. The Morgan fingerprint density at radius 1 is 0.816 bits per heavy atom. The van der Waals surface area contributed by atoms with Crippen LogP contribution < -0.4 is 21.3 Å². The molecule has 0 bridgehead atoms. The summed E-state index contributed by atoms with van der Waals surface area (Å²) in [6.07, 6.45) is -0.228. The van der Waals surface area contributed by atoms with Crippen LogP contribution in [0.5, 0.6) is 0 Å². The van der Waals surface area contributed by atoms with Crippen LogP contribution in [0.15, 0.2) is 30.3 Å². The number of benzene rings is 1. The molecule has 3 amide bonds. The van der Waals surface area contributed by atoms with Crippen LogP contribution in [0.1, 0.15) is 52.5 Å². The van der Waals surface area contributed by atoms with E-state index >= 15 is 0 Å². The second kappa shape index (κ2) is 16.4. The molecule has 0 saturated heterocycles. The third-order valence-electron chi connectivity index (χ3n) is 5.88. The average molecular weight is 537 g/mol. The van der Waals surface area contributed by atoms with Crippen molar-refractivity contribution in [3.05, 3.63) is 35.9 Å². The highest BCUT2D eigenvalue weighted by atomic mass is 16.4. The van der Waals surface area contributed by atoms with E-state index in [1.165, 1.54) is 13.8 Å². The summed E-state index contributed by atoms with van der Waals surface area (Å²) in [5, 5.41) is 38.7. The minimum absolute atomic E-state index is 0.0365. The number of hydrogen-bond acceptors (Lipinski definition) is 7. The maximum absolute atomic E-state index is 13.0. The SMILES string of the molecule is CC(C)[C@H](NC(=O)[C@H](C)NC(=O)[C@@H](NC(=O)[C@H](CCC(=O)O)NCCCc1ccccc1)[C@@H](C)O)C(=O)O. The molecule has 0 fully saturated rings. The number of aliphatic carboxylic acids is 2. The second-order valence-electron chi connectivity index (χ2n) is 9.55. The number of aliphatic hydroxyl groups excluding tert-OH is 1. The molecule has 0 spiro atoms. The molecule has 0 aromatic heterocycles. The van der Waals surface area contributed by atoms with Crippen LogP contribution in [0.25, 0.3) is 0 Å². The molecule has 1 rings (SSSR count). The van der Waals surface area contributed by atoms with Crippen molar-refractivity contribution in [1.82, 2.24) is 21.3 Å². The molecule has 1 aromatic rings. The average Bonchev–Trinajstić information content (AvgIpc) is 2.84. The number of aliphatic hydroxyl groups is 1. The third-order valence-corrected chi connectivity index (χ3v) is 5.88. The number of rotatable bonds is 17. The number of nitrogens with one attached hydrogen (secondary N) is 4. The van der Waals surface area contributed by atoms with Crippen molar-refractivity contribution in [2.24, 2.45) is 5.92 Å². The summed E-state index contributed by atoms with van der Waals surface area (Å²) in [6.45, 7) is 6.29. The van der Waals surface area contributed by atoms with E-state index in [0.717, 1.165) is 12.0 Å². The van der Waals surface area contributed by atoms with Crippen LogP contribution in [0.4, 0.5) is 0 Å². The fourth-order valence-electron chi connectivity index (χ4n) is 3.63. The Kier molecular flexibility index (Phi) is 14.0. The Bertz CT molecular complexity index is 938. The van der Waals surface area contributed by atoms with Gasteiger partial charge in [-0.3, -0.25) is 19.2 Å². The van der Waals surface area contributed by atoms with Crippen LogP contribution in [0.3, 0.4) is 0 Å². The quantitative estimate of drug-likeness (QED) is 0.135. The van der Waals surface area contributed by atoms with Gasteiger partial charge in [0.05, 0.1) is 12.1 Å². The van der Waals surface area contributed by atoms with Gasteiger partial charge in [0, 0.05) is 6.42 Å². The molecule has 0 aliphatic heterocycles. The Balaban J connectivity index is 2.78. The number of carboxylic acid groups (broad SMARTS) is 2. The van der Waals surface area contributed by atoms with Crippen molar-refractivity contribution in [3.8, 4) is 0 Å². The lowest BCUT2D eigenvalue weighted by atomic mass is 10.0. The number of aryl methyl sites for hydroxylation is 1. The first kappa shape index (κ1) is 32.5. The number of carbonyl (C=O) groups is 5. The summed E-state index contributed by atoms with van der Waals surface area (Å²) in [5.74, 6) is -4.96. The predicted molar refractivity (Wildman–Crippen MR) is 139 cm³/mol. The molecule has 5 atom stereocenters. The molecule has 0 aliphatic rings. The maximum Gasteiger partial charge on any atom is 0.326 e. The molecule has 0 aliphatic carbocycles. The molecule has 0 heterocycles. The summed E-state index contributed by atoms with van der Waals surface area (Å²) in [4.78, 5) is 60.6. The first-order valence-corrected chi connectivity index (χ1v) is 12.6.